The SMILES string of the molecule is Cc1cc(Br)ccc1C(=O)c1ccccc1C(F)(F)F. The molecule has 0 aliphatic carbocycles. The third-order valence-electron chi connectivity index (χ3n) is 2.91. The second-order valence-electron chi connectivity index (χ2n) is 4.33. The van der Waals surface area contributed by atoms with Gasteiger partial charge in [-0.1, -0.05) is 34.1 Å². The average molecular weight is 343 g/mol. The van der Waals surface area contributed by atoms with Gasteiger partial charge in [0, 0.05) is 15.6 Å². The average Bonchev–Trinajstić information content (AvgIpc) is 2.37. The Morgan fingerprint density at radius 2 is 1.70 bits per heavy atom. The van der Waals surface area contributed by atoms with Crippen molar-refractivity contribution in [1.82, 2.24) is 0 Å². The molecule has 0 bridgehead atoms. The van der Waals surface area contributed by atoms with Gasteiger partial charge in [-0.05, 0) is 36.8 Å². The fourth-order valence-corrected chi connectivity index (χ4v) is 2.43. The van der Waals surface area contributed by atoms with E-state index in [-0.39, 0.29) is 11.1 Å². The van der Waals surface area contributed by atoms with Gasteiger partial charge in [0.15, 0.2) is 5.78 Å². The van der Waals surface area contributed by atoms with E-state index in [9.17, 15) is 18.0 Å². The van der Waals surface area contributed by atoms with Crippen molar-refractivity contribution in [3.63, 3.8) is 0 Å². The van der Waals surface area contributed by atoms with Gasteiger partial charge in [-0.3, -0.25) is 4.79 Å². The van der Waals surface area contributed by atoms with Gasteiger partial charge >= 0.3 is 6.18 Å². The Morgan fingerprint density at radius 1 is 1.05 bits per heavy atom. The van der Waals surface area contributed by atoms with Crippen LogP contribution in [0.15, 0.2) is 46.9 Å². The summed E-state index contributed by atoms with van der Waals surface area (Å²) in [6.07, 6.45) is -4.55. The van der Waals surface area contributed by atoms with E-state index in [2.05, 4.69) is 15.9 Å². The zero-order chi connectivity index (χ0) is 14.9. The van der Waals surface area contributed by atoms with Crippen molar-refractivity contribution in [2.24, 2.45) is 0 Å². The van der Waals surface area contributed by atoms with E-state index < -0.39 is 17.5 Å². The molecular weight excluding hydrogens is 333 g/mol. The smallest absolute Gasteiger partial charge is 0.289 e. The van der Waals surface area contributed by atoms with Crippen LogP contribution in [0.2, 0.25) is 0 Å². The lowest BCUT2D eigenvalue weighted by atomic mass is 9.95. The number of ketones is 1. The lowest BCUT2D eigenvalue weighted by Crippen LogP contribution is -2.14. The third kappa shape index (κ3) is 2.93. The third-order valence-corrected chi connectivity index (χ3v) is 3.40. The molecule has 0 atom stereocenters. The van der Waals surface area contributed by atoms with Crippen LogP contribution in [0.25, 0.3) is 0 Å². The summed E-state index contributed by atoms with van der Waals surface area (Å²) in [5.74, 6) is -0.622. The Balaban J connectivity index is 2.55. The Labute approximate surface area is 122 Å². The van der Waals surface area contributed by atoms with Crippen LogP contribution < -0.4 is 0 Å². The van der Waals surface area contributed by atoms with E-state index in [1.807, 2.05) is 0 Å². The molecule has 0 radical (unpaired) electrons. The molecule has 0 aliphatic rings. The number of halogens is 4. The second kappa shape index (κ2) is 5.40. The molecular formula is C15H10BrF3O. The van der Waals surface area contributed by atoms with Gasteiger partial charge in [0.25, 0.3) is 0 Å². The zero-order valence-corrected chi connectivity index (χ0v) is 12.0. The van der Waals surface area contributed by atoms with Crippen molar-refractivity contribution in [3.8, 4) is 0 Å². The summed E-state index contributed by atoms with van der Waals surface area (Å²) in [4.78, 5) is 12.3. The maximum Gasteiger partial charge on any atom is 0.417 e. The first-order valence-electron chi connectivity index (χ1n) is 5.78. The topological polar surface area (TPSA) is 17.1 Å². The highest BCUT2D eigenvalue weighted by Gasteiger charge is 2.35. The first kappa shape index (κ1) is 14.8. The maximum atomic E-state index is 12.9. The van der Waals surface area contributed by atoms with Crippen molar-refractivity contribution in [2.75, 3.05) is 0 Å². The van der Waals surface area contributed by atoms with Crippen molar-refractivity contribution >= 4 is 21.7 Å². The lowest BCUT2D eigenvalue weighted by Gasteiger charge is -2.13. The van der Waals surface area contributed by atoms with E-state index in [4.69, 9.17) is 0 Å². The summed E-state index contributed by atoms with van der Waals surface area (Å²) in [6, 6.07) is 9.67. The molecule has 0 N–H and O–H groups in total. The zero-order valence-electron chi connectivity index (χ0n) is 10.5. The van der Waals surface area contributed by atoms with Gasteiger partial charge in [0.05, 0.1) is 5.56 Å². The molecule has 0 heterocycles. The van der Waals surface area contributed by atoms with Crippen molar-refractivity contribution in [2.45, 2.75) is 13.1 Å². The predicted octanol–water partition coefficient (Wildman–Crippen LogP) is 5.01. The van der Waals surface area contributed by atoms with E-state index in [0.29, 0.717) is 5.56 Å². The number of alkyl halides is 3. The maximum absolute atomic E-state index is 12.9. The second-order valence-corrected chi connectivity index (χ2v) is 5.25. The van der Waals surface area contributed by atoms with E-state index in [1.54, 1.807) is 19.1 Å². The molecule has 2 aromatic carbocycles. The Hall–Kier alpha value is -1.62. The molecule has 0 saturated carbocycles. The molecule has 0 aromatic heterocycles. The highest BCUT2D eigenvalue weighted by Crippen LogP contribution is 2.33. The summed E-state index contributed by atoms with van der Waals surface area (Å²) in [7, 11) is 0. The van der Waals surface area contributed by atoms with E-state index in [0.717, 1.165) is 10.5 Å². The molecule has 1 nitrogen and oxygen atoms in total. The van der Waals surface area contributed by atoms with Crippen LogP contribution in [-0.4, -0.2) is 5.78 Å². The Morgan fingerprint density at radius 3 is 2.30 bits per heavy atom. The van der Waals surface area contributed by atoms with Gasteiger partial charge in [-0.25, -0.2) is 0 Å². The number of hydrogen-bond donors (Lipinski definition) is 0. The molecule has 2 rings (SSSR count). The summed E-state index contributed by atoms with van der Waals surface area (Å²) >= 11 is 3.26. The van der Waals surface area contributed by atoms with Crippen LogP contribution >= 0.6 is 15.9 Å². The number of carbonyl (C=O) groups excluding carboxylic acids is 1. The number of hydrogen-bond acceptors (Lipinski definition) is 1. The highest BCUT2D eigenvalue weighted by atomic mass is 79.9. The number of benzene rings is 2. The summed E-state index contributed by atoms with van der Waals surface area (Å²) in [6.45, 7) is 1.69. The van der Waals surface area contributed by atoms with Crippen LogP contribution in [0.1, 0.15) is 27.0 Å². The molecule has 0 unspecified atom stereocenters. The largest absolute Gasteiger partial charge is 0.417 e. The van der Waals surface area contributed by atoms with E-state index >= 15 is 0 Å². The van der Waals surface area contributed by atoms with Crippen molar-refractivity contribution in [3.05, 3.63) is 69.2 Å². The van der Waals surface area contributed by atoms with Crippen LogP contribution in [0.4, 0.5) is 13.2 Å². The molecule has 0 fully saturated rings. The van der Waals surface area contributed by atoms with Gasteiger partial charge in [-0.15, -0.1) is 0 Å². The van der Waals surface area contributed by atoms with Gasteiger partial charge in [0.1, 0.15) is 0 Å². The minimum absolute atomic E-state index is 0.268. The number of carbonyl (C=O) groups is 1. The highest BCUT2D eigenvalue weighted by molar-refractivity contribution is 9.10. The lowest BCUT2D eigenvalue weighted by molar-refractivity contribution is -0.137. The van der Waals surface area contributed by atoms with Crippen molar-refractivity contribution < 1.29 is 18.0 Å². The van der Waals surface area contributed by atoms with Crippen LogP contribution in [0.5, 0.6) is 0 Å². The molecule has 5 heteroatoms. The molecule has 0 spiro atoms. The van der Waals surface area contributed by atoms with Crippen LogP contribution in [0.3, 0.4) is 0 Å². The minimum atomic E-state index is -4.55. The first-order chi connectivity index (χ1) is 9.30. The van der Waals surface area contributed by atoms with E-state index in [1.165, 1.54) is 24.3 Å². The molecule has 0 saturated heterocycles. The molecule has 20 heavy (non-hydrogen) atoms. The van der Waals surface area contributed by atoms with Crippen LogP contribution in [-0.2, 0) is 6.18 Å². The molecule has 0 amide bonds. The van der Waals surface area contributed by atoms with Gasteiger partial charge < -0.3 is 0 Å². The predicted molar refractivity (Wildman–Crippen MR) is 73.8 cm³/mol. The van der Waals surface area contributed by atoms with Gasteiger partial charge in [0.2, 0.25) is 0 Å². The monoisotopic (exact) mass is 342 g/mol. The summed E-state index contributed by atoms with van der Waals surface area (Å²) < 4.78 is 39.6. The molecule has 2 aromatic rings. The minimum Gasteiger partial charge on any atom is -0.289 e. The standard InChI is InChI=1S/C15H10BrF3O/c1-9-8-10(16)6-7-11(9)14(20)12-4-2-3-5-13(12)15(17,18)19/h2-8H,1H3. The van der Waals surface area contributed by atoms with Crippen molar-refractivity contribution in [1.29, 1.82) is 0 Å². The molecule has 104 valence electrons. The summed E-state index contributed by atoms with van der Waals surface area (Å²) in [5, 5.41) is 0. The normalized spacial score (nSPS) is 11.4. The van der Waals surface area contributed by atoms with Gasteiger partial charge in [-0.2, -0.15) is 13.2 Å². The fraction of sp³-hybridized carbons (Fsp3) is 0.133. The quantitative estimate of drug-likeness (QED) is 0.701. The number of aryl methyl sites for hydroxylation is 1. The Kier molecular flexibility index (Phi) is 3.99. The molecule has 0 aliphatic heterocycles. The van der Waals surface area contributed by atoms with Crippen LogP contribution in [0, 0.1) is 6.92 Å². The number of rotatable bonds is 2. The fourth-order valence-electron chi connectivity index (χ4n) is 1.96. The Bertz CT molecular complexity index is 662. The summed E-state index contributed by atoms with van der Waals surface area (Å²) in [5.41, 5.74) is -0.344. The first-order valence-corrected chi connectivity index (χ1v) is 6.57.